The SMILES string of the molecule is CCCCCCCCN(CCCCCCCC)C(=O)c1ccc2ccc3c(c2n1)NC(CC)(C(=O)Nc1ccccc1C)C=C3. The van der Waals surface area contributed by atoms with Crippen molar-refractivity contribution in [3.8, 4) is 0 Å². The molecule has 242 valence electrons. The van der Waals surface area contributed by atoms with Crippen molar-refractivity contribution in [1.82, 2.24) is 9.88 Å². The Morgan fingerprint density at radius 3 is 2.07 bits per heavy atom. The zero-order valence-corrected chi connectivity index (χ0v) is 28.1. The van der Waals surface area contributed by atoms with E-state index in [1.807, 2.05) is 79.4 Å². The van der Waals surface area contributed by atoms with Crippen molar-refractivity contribution in [3.05, 3.63) is 71.4 Å². The van der Waals surface area contributed by atoms with E-state index >= 15 is 0 Å². The number of benzene rings is 2. The van der Waals surface area contributed by atoms with Gasteiger partial charge in [-0.15, -0.1) is 0 Å². The normalized spacial score (nSPS) is 15.5. The predicted octanol–water partition coefficient (Wildman–Crippen LogP) is 9.93. The van der Waals surface area contributed by atoms with Crippen LogP contribution >= 0.6 is 0 Å². The Bertz CT molecular complexity index is 1430. The molecule has 6 nitrogen and oxygen atoms in total. The number of hydrogen-bond donors (Lipinski definition) is 2. The van der Waals surface area contributed by atoms with Crippen LogP contribution in [0.3, 0.4) is 0 Å². The summed E-state index contributed by atoms with van der Waals surface area (Å²) in [6, 6.07) is 15.8. The molecule has 1 aliphatic rings. The van der Waals surface area contributed by atoms with Crippen molar-refractivity contribution in [2.45, 2.75) is 117 Å². The number of pyridine rings is 1. The number of amides is 2. The maximum Gasteiger partial charge on any atom is 0.272 e. The smallest absolute Gasteiger partial charge is 0.272 e. The van der Waals surface area contributed by atoms with E-state index in [-0.39, 0.29) is 11.8 Å². The van der Waals surface area contributed by atoms with Gasteiger partial charge in [0, 0.05) is 24.2 Å². The first-order valence-electron chi connectivity index (χ1n) is 17.5. The number of unbranched alkanes of at least 4 members (excludes halogenated alkanes) is 10. The molecular weight excluding hydrogens is 556 g/mol. The van der Waals surface area contributed by atoms with Crippen LogP contribution < -0.4 is 10.6 Å². The van der Waals surface area contributed by atoms with Gasteiger partial charge in [-0.1, -0.05) is 127 Å². The molecule has 6 heteroatoms. The lowest BCUT2D eigenvalue weighted by atomic mass is 9.88. The number of carbonyl (C=O) groups is 2. The first-order chi connectivity index (χ1) is 21.9. The van der Waals surface area contributed by atoms with Gasteiger partial charge in [0.15, 0.2) is 0 Å². The lowest BCUT2D eigenvalue weighted by Gasteiger charge is -2.34. The molecule has 3 aromatic rings. The summed E-state index contributed by atoms with van der Waals surface area (Å²) in [4.78, 5) is 34.7. The van der Waals surface area contributed by atoms with Crippen molar-refractivity contribution in [2.75, 3.05) is 23.7 Å². The number of carbonyl (C=O) groups excluding carboxylic acids is 2. The quantitative estimate of drug-likeness (QED) is 0.141. The molecule has 2 heterocycles. The zero-order valence-electron chi connectivity index (χ0n) is 28.1. The van der Waals surface area contributed by atoms with E-state index in [1.54, 1.807) is 0 Å². The highest BCUT2D eigenvalue weighted by molar-refractivity contribution is 6.07. The van der Waals surface area contributed by atoms with Gasteiger partial charge in [0.1, 0.15) is 11.2 Å². The van der Waals surface area contributed by atoms with Gasteiger partial charge >= 0.3 is 0 Å². The minimum Gasteiger partial charge on any atom is -0.366 e. The van der Waals surface area contributed by atoms with Gasteiger partial charge in [-0.05, 0) is 55.5 Å². The number of anilines is 2. The Hall–Kier alpha value is -3.67. The Balaban J connectivity index is 1.55. The van der Waals surface area contributed by atoms with Crippen molar-refractivity contribution in [3.63, 3.8) is 0 Å². The van der Waals surface area contributed by atoms with Crippen LogP contribution in [0, 0.1) is 6.92 Å². The van der Waals surface area contributed by atoms with Crippen molar-refractivity contribution < 1.29 is 9.59 Å². The molecule has 0 saturated heterocycles. The summed E-state index contributed by atoms with van der Waals surface area (Å²) in [5, 5.41) is 7.64. The number of para-hydroxylation sites is 1. The van der Waals surface area contributed by atoms with Crippen LogP contribution in [0.5, 0.6) is 0 Å². The van der Waals surface area contributed by atoms with E-state index in [2.05, 4.69) is 24.5 Å². The second-order valence-electron chi connectivity index (χ2n) is 12.7. The Kier molecular flexibility index (Phi) is 13.0. The molecule has 45 heavy (non-hydrogen) atoms. The third-order valence-electron chi connectivity index (χ3n) is 9.22. The van der Waals surface area contributed by atoms with E-state index in [1.165, 1.54) is 51.4 Å². The highest BCUT2D eigenvalue weighted by Crippen LogP contribution is 2.36. The number of aromatic nitrogens is 1. The molecule has 1 unspecified atom stereocenters. The second-order valence-corrected chi connectivity index (χ2v) is 12.7. The standard InChI is InChI=1S/C39H54N4O2/c1-5-8-10-12-14-18-28-43(29-19-15-13-11-9-6-2)37(44)34-25-24-31-22-23-32-26-27-39(7-3,42-36(32)35(31)40-34)38(45)41-33-21-17-16-20-30(33)4/h16-17,20-27,42H,5-15,18-19,28-29H2,1-4H3,(H,41,45). The van der Waals surface area contributed by atoms with Crippen LogP contribution in [-0.4, -0.2) is 40.3 Å². The highest BCUT2D eigenvalue weighted by Gasteiger charge is 2.37. The molecule has 0 aliphatic carbocycles. The lowest BCUT2D eigenvalue weighted by Crippen LogP contribution is -2.49. The van der Waals surface area contributed by atoms with Gasteiger partial charge < -0.3 is 15.5 Å². The monoisotopic (exact) mass is 610 g/mol. The van der Waals surface area contributed by atoms with Crippen molar-refractivity contribution >= 4 is 40.2 Å². The van der Waals surface area contributed by atoms with E-state index in [0.29, 0.717) is 12.1 Å². The average molecular weight is 611 g/mol. The third-order valence-corrected chi connectivity index (χ3v) is 9.22. The van der Waals surface area contributed by atoms with Gasteiger partial charge in [0.25, 0.3) is 11.8 Å². The van der Waals surface area contributed by atoms with E-state index in [0.717, 1.165) is 72.2 Å². The van der Waals surface area contributed by atoms with Crippen LogP contribution in [0.2, 0.25) is 0 Å². The number of nitrogens with one attached hydrogen (secondary N) is 2. The summed E-state index contributed by atoms with van der Waals surface area (Å²) in [6.45, 7) is 10.0. The molecule has 2 N–H and O–H groups in total. The Morgan fingerprint density at radius 2 is 1.42 bits per heavy atom. The fourth-order valence-corrected chi connectivity index (χ4v) is 6.18. The molecule has 2 amide bonds. The molecule has 0 spiro atoms. The second kappa shape index (κ2) is 17.1. The number of fused-ring (bicyclic) bond motifs is 3. The molecule has 0 saturated carbocycles. The van der Waals surface area contributed by atoms with Gasteiger partial charge in [-0.2, -0.15) is 0 Å². The minimum atomic E-state index is -0.938. The molecule has 1 aromatic heterocycles. The summed E-state index contributed by atoms with van der Waals surface area (Å²) in [5.74, 6) is -0.114. The van der Waals surface area contributed by atoms with E-state index < -0.39 is 5.54 Å². The van der Waals surface area contributed by atoms with Gasteiger partial charge in [-0.3, -0.25) is 9.59 Å². The number of nitrogens with zero attached hydrogens (tertiary/aromatic N) is 2. The molecular formula is C39H54N4O2. The first kappa shape index (κ1) is 34.2. The molecule has 0 radical (unpaired) electrons. The van der Waals surface area contributed by atoms with Crippen molar-refractivity contribution in [1.29, 1.82) is 0 Å². The predicted molar refractivity (Wildman–Crippen MR) is 190 cm³/mol. The van der Waals surface area contributed by atoms with Crippen LogP contribution in [0.1, 0.15) is 126 Å². The van der Waals surface area contributed by atoms with Crippen LogP contribution in [0.4, 0.5) is 11.4 Å². The average Bonchev–Trinajstić information content (AvgIpc) is 3.07. The number of rotatable bonds is 18. The molecule has 1 aliphatic heterocycles. The summed E-state index contributed by atoms with van der Waals surface area (Å²) in [6.07, 6.45) is 18.9. The fraction of sp³-hybridized carbons (Fsp3) is 0.513. The summed E-state index contributed by atoms with van der Waals surface area (Å²) >= 11 is 0. The van der Waals surface area contributed by atoms with Gasteiger partial charge in [0.05, 0.1) is 11.2 Å². The lowest BCUT2D eigenvalue weighted by molar-refractivity contribution is -0.119. The maximum atomic E-state index is 14.0. The molecule has 4 rings (SSSR count). The van der Waals surface area contributed by atoms with Crippen molar-refractivity contribution in [2.24, 2.45) is 0 Å². The highest BCUT2D eigenvalue weighted by atomic mass is 16.2. The van der Waals surface area contributed by atoms with E-state index in [4.69, 9.17) is 4.98 Å². The van der Waals surface area contributed by atoms with Crippen LogP contribution in [0.15, 0.2) is 54.6 Å². The molecule has 2 aromatic carbocycles. The third kappa shape index (κ3) is 8.96. The topological polar surface area (TPSA) is 74.3 Å². The molecule has 1 atom stereocenters. The summed E-state index contributed by atoms with van der Waals surface area (Å²) < 4.78 is 0. The maximum absolute atomic E-state index is 14.0. The number of hydrogen-bond acceptors (Lipinski definition) is 4. The van der Waals surface area contributed by atoms with E-state index in [9.17, 15) is 9.59 Å². The van der Waals surface area contributed by atoms with Crippen LogP contribution in [0.25, 0.3) is 17.0 Å². The van der Waals surface area contributed by atoms with Gasteiger partial charge in [0.2, 0.25) is 0 Å². The Morgan fingerprint density at radius 1 is 0.800 bits per heavy atom. The zero-order chi connectivity index (χ0) is 32.1. The molecule has 0 bridgehead atoms. The van der Waals surface area contributed by atoms with Crippen LogP contribution in [-0.2, 0) is 4.79 Å². The Labute approximate surface area is 271 Å². The fourth-order valence-electron chi connectivity index (χ4n) is 6.18. The summed E-state index contributed by atoms with van der Waals surface area (Å²) in [7, 11) is 0. The molecule has 0 fully saturated rings. The summed E-state index contributed by atoms with van der Waals surface area (Å²) in [5.41, 5.74) is 3.83. The largest absolute Gasteiger partial charge is 0.366 e. The minimum absolute atomic E-state index is 0.00187. The first-order valence-corrected chi connectivity index (χ1v) is 17.5. The van der Waals surface area contributed by atoms with Gasteiger partial charge in [-0.25, -0.2) is 4.98 Å². The number of aryl methyl sites for hydroxylation is 1.